The molecule has 96 valence electrons. The van der Waals surface area contributed by atoms with E-state index in [2.05, 4.69) is 32.7 Å². The molecule has 1 aliphatic heterocycles. The molecule has 0 fully saturated rings. The van der Waals surface area contributed by atoms with Gasteiger partial charge in [-0.3, -0.25) is 0 Å². The van der Waals surface area contributed by atoms with Crippen LogP contribution in [0.25, 0.3) is 0 Å². The Balaban J connectivity index is -0.000000151. The highest BCUT2D eigenvalue weighted by Crippen LogP contribution is 2.26. The summed E-state index contributed by atoms with van der Waals surface area (Å²) in [5, 5.41) is 0. The molecule has 1 heterocycles. The third-order valence-electron chi connectivity index (χ3n) is 2.01. The van der Waals surface area contributed by atoms with E-state index < -0.39 is 0 Å². The van der Waals surface area contributed by atoms with Gasteiger partial charge in [-0.15, -0.1) is 0 Å². The van der Waals surface area contributed by atoms with Crippen molar-refractivity contribution in [3.8, 4) is 0 Å². The van der Waals surface area contributed by atoms with Crippen LogP contribution in [0.4, 0.5) is 0 Å². The van der Waals surface area contributed by atoms with Gasteiger partial charge in [0.15, 0.2) is 5.90 Å². The first-order valence-electron chi connectivity index (χ1n) is 4.23. The number of aliphatic imine (C=N–C) groups is 1. The van der Waals surface area contributed by atoms with Gasteiger partial charge in [-0.05, 0) is 5.41 Å². The van der Waals surface area contributed by atoms with Crippen LogP contribution in [0, 0.1) is 5.41 Å². The van der Waals surface area contributed by atoms with Crippen molar-refractivity contribution >= 4 is 5.90 Å². The number of hydrogen-bond acceptors (Lipinski definition) is 2. The molecule has 0 N–H and O–H groups in total. The largest absolute Gasteiger partial charge is 0.479 e. The molecule has 2 nitrogen and oxygen atoms in total. The van der Waals surface area contributed by atoms with Crippen LogP contribution >= 0.6 is 0 Å². The first kappa shape index (κ1) is 24.0. The molecule has 1 aliphatic rings. The van der Waals surface area contributed by atoms with Crippen LogP contribution in [-0.2, 0) is 4.74 Å². The van der Waals surface area contributed by atoms with Crippen LogP contribution in [-0.4, -0.2) is 18.5 Å². The Morgan fingerprint density at radius 3 is 1.87 bits per heavy atom. The van der Waals surface area contributed by atoms with Gasteiger partial charge in [0.1, 0.15) is 6.61 Å². The van der Waals surface area contributed by atoms with Crippen molar-refractivity contribution in [2.24, 2.45) is 10.4 Å². The average molecular weight is 219 g/mol. The van der Waals surface area contributed by atoms with Gasteiger partial charge < -0.3 is 4.74 Å². The summed E-state index contributed by atoms with van der Waals surface area (Å²) >= 11 is 0. The maximum Gasteiger partial charge on any atom is 0.183 e. The lowest BCUT2D eigenvalue weighted by molar-refractivity contribution is 0.233. The van der Waals surface area contributed by atoms with E-state index in [-0.39, 0.29) is 35.1 Å². The zero-order valence-corrected chi connectivity index (χ0v) is 7.85. The molecule has 0 aliphatic carbocycles. The third-order valence-corrected chi connectivity index (χ3v) is 2.01. The minimum Gasteiger partial charge on any atom is -0.479 e. The fourth-order valence-electron chi connectivity index (χ4n) is 1.06. The Bertz CT molecular complexity index is 168. The molecule has 0 bridgehead atoms. The Kier molecular flexibility index (Phi) is 14.0. The molecule has 0 unspecified atom stereocenters. The minimum absolute atomic E-state index is 0. The lowest BCUT2D eigenvalue weighted by atomic mass is 9.88. The lowest BCUT2D eigenvalue weighted by Gasteiger charge is -2.21. The normalized spacial score (nSPS) is 18.1. The zero-order valence-electron chi connectivity index (χ0n) is 7.85. The molecule has 0 aromatic carbocycles. The SMILES string of the molecule is C.C.C.C.CCC1=N[C@@H](C(C)(C)C)CO1. The van der Waals surface area contributed by atoms with E-state index in [0.29, 0.717) is 6.04 Å². The molecule has 0 aromatic heterocycles. The molecule has 0 amide bonds. The van der Waals surface area contributed by atoms with Crippen molar-refractivity contribution in [2.45, 2.75) is 69.9 Å². The van der Waals surface area contributed by atoms with E-state index in [0.717, 1.165) is 18.9 Å². The smallest absolute Gasteiger partial charge is 0.183 e. The molecule has 15 heavy (non-hydrogen) atoms. The van der Waals surface area contributed by atoms with Crippen LogP contribution in [0.15, 0.2) is 4.99 Å². The van der Waals surface area contributed by atoms with Gasteiger partial charge in [-0.2, -0.15) is 0 Å². The van der Waals surface area contributed by atoms with Gasteiger partial charge in [-0.1, -0.05) is 57.4 Å². The number of hydrogen-bond donors (Lipinski definition) is 0. The number of rotatable bonds is 1. The second-order valence-electron chi connectivity index (χ2n) is 4.07. The molecule has 0 saturated heterocycles. The zero-order chi connectivity index (χ0) is 8.48. The maximum absolute atomic E-state index is 5.39. The predicted molar refractivity (Wildman–Crippen MR) is 73.8 cm³/mol. The Labute approximate surface area is 98.1 Å². The van der Waals surface area contributed by atoms with Gasteiger partial charge in [0.25, 0.3) is 0 Å². The quantitative estimate of drug-likeness (QED) is 0.621. The molecular formula is C13H33NO. The Morgan fingerprint density at radius 2 is 1.67 bits per heavy atom. The van der Waals surface area contributed by atoms with Crippen LogP contribution in [0.2, 0.25) is 0 Å². The summed E-state index contributed by atoms with van der Waals surface area (Å²) in [6.07, 6.45) is 0.923. The van der Waals surface area contributed by atoms with Crippen molar-refractivity contribution in [3.63, 3.8) is 0 Å². The predicted octanol–water partition coefficient (Wildman–Crippen LogP) is 4.78. The highest BCUT2D eigenvalue weighted by atomic mass is 16.5. The van der Waals surface area contributed by atoms with E-state index in [1.807, 2.05) is 0 Å². The summed E-state index contributed by atoms with van der Waals surface area (Å²) in [5.74, 6) is 0.921. The molecular weight excluding hydrogens is 186 g/mol. The van der Waals surface area contributed by atoms with Crippen LogP contribution in [0.5, 0.6) is 0 Å². The van der Waals surface area contributed by atoms with Crippen molar-refractivity contribution in [1.82, 2.24) is 0 Å². The van der Waals surface area contributed by atoms with Crippen LogP contribution < -0.4 is 0 Å². The van der Waals surface area contributed by atoms with E-state index in [9.17, 15) is 0 Å². The van der Waals surface area contributed by atoms with Gasteiger partial charge >= 0.3 is 0 Å². The minimum atomic E-state index is 0. The summed E-state index contributed by atoms with van der Waals surface area (Å²) in [6.45, 7) is 9.44. The Hall–Kier alpha value is -0.530. The van der Waals surface area contributed by atoms with Gasteiger partial charge in [0.05, 0.1) is 6.04 Å². The molecule has 0 radical (unpaired) electrons. The van der Waals surface area contributed by atoms with Crippen LogP contribution in [0.3, 0.4) is 0 Å². The molecule has 0 aromatic rings. The summed E-state index contributed by atoms with van der Waals surface area (Å²) in [4.78, 5) is 4.47. The summed E-state index contributed by atoms with van der Waals surface area (Å²) < 4.78 is 5.39. The van der Waals surface area contributed by atoms with Crippen molar-refractivity contribution in [3.05, 3.63) is 0 Å². The third kappa shape index (κ3) is 6.53. The first-order chi connectivity index (χ1) is 5.04. The summed E-state index contributed by atoms with van der Waals surface area (Å²) in [5.41, 5.74) is 0.247. The van der Waals surface area contributed by atoms with Crippen molar-refractivity contribution in [2.75, 3.05) is 6.61 Å². The average Bonchev–Trinajstić information content (AvgIpc) is 2.32. The van der Waals surface area contributed by atoms with Gasteiger partial charge in [-0.25, -0.2) is 4.99 Å². The number of nitrogens with zero attached hydrogens (tertiary/aromatic N) is 1. The topological polar surface area (TPSA) is 21.6 Å². The fourth-order valence-corrected chi connectivity index (χ4v) is 1.06. The summed E-state index contributed by atoms with van der Waals surface area (Å²) in [7, 11) is 0. The number of ether oxygens (including phenoxy) is 1. The monoisotopic (exact) mass is 219 g/mol. The van der Waals surface area contributed by atoms with E-state index in [4.69, 9.17) is 4.74 Å². The fraction of sp³-hybridized carbons (Fsp3) is 0.923. The van der Waals surface area contributed by atoms with Crippen LogP contribution in [0.1, 0.15) is 63.8 Å². The highest BCUT2D eigenvalue weighted by molar-refractivity contribution is 5.77. The standard InChI is InChI=1S/C9H17NO.4CH4/c1-5-8-10-7(6-11-8)9(2,3)4;;;;/h7H,5-6H2,1-4H3;4*1H4/t7-;;;;/m1..../s1. The second kappa shape index (κ2) is 8.75. The summed E-state index contributed by atoms with van der Waals surface area (Å²) in [6, 6.07) is 0.359. The molecule has 0 spiro atoms. The van der Waals surface area contributed by atoms with Gasteiger partial charge in [0, 0.05) is 6.42 Å². The molecule has 0 saturated carbocycles. The molecule has 2 heteroatoms. The first-order valence-corrected chi connectivity index (χ1v) is 4.23. The van der Waals surface area contributed by atoms with Gasteiger partial charge in [0.2, 0.25) is 0 Å². The van der Waals surface area contributed by atoms with E-state index in [1.165, 1.54) is 0 Å². The van der Waals surface area contributed by atoms with Crippen molar-refractivity contribution < 1.29 is 4.74 Å². The van der Waals surface area contributed by atoms with E-state index >= 15 is 0 Å². The lowest BCUT2D eigenvalue weighted by Crippen LogP contribution is -2.25. The molecule has 1 rings (SSSR count). The second-order valence-corrected chi connectivity index (χ2v) is 4.07. The molecule has 1 atom stereocenters. The maximum atomic E-state index is 5.39. The van der Waals surface area contributed by atoms with E-state index in [1.54, 1.807) is 0 Å². The Morgan fingerprint density at radius 1 is 1.20 bits per heavy atom. The van der Waals surface area contributed by atoms with Crippen molar-refractivity contribution in [1.29, 1.82) is 0 Å². The highest BCUT2D eigenvalue weighted by Gasteiger charge is 2.29.